The molecule has 0 bridgehead atoms. The zero-order valence-corrected chi connectivity index (χ0v) is 21.6. The highest BCUT2D eigenvalue weighted by Crippen LogP contribution is 2.23. The fourth-order valence-corrected chi connectivity index (χ4v) is 5.20. The summed E-state index contributed by atoms with van der Waals surface area (Å²) < 4.78 is 1.88. The Balaban J connectivity index is 1.28. The minimum atomic E-state index is -0.262. The zero-order valence-electron chi connectivity index (χ0n) is 20.9. The van der Waals surface area contributed by atoms with Crippen LogP contribution >= 0.6 is 11.6 Å². The van der Waals surface area contributed by atoms with E-state index in [1.807, 2.05) is 16.7 Å². The molecule has 3 heterocycles. The first-order chi connectivity index (χ1) is 17.6. The predicted molar refractivity (Wildman–Crippen MR) is 143 cm³/mol. The number of nitrogens with one attached hydrogen (secondary N) is 1. The highest BCUT2D eigenvalue weighted by Gasteiger charge is 2.26. The number of hydrogen-bond acceptors (Lipinski definition) is 5. The van der Waals surface area contributed by atoms with Gasteiger partial charge in [-0.05, 0) is 57.5 Å². The minimum Gasteiger partial charge on any atom is -0.330 e. The Morgan fingerprint density at radius 3 is 2.75 bits per heavy atom. The van der Waals surface area contributed by atoms with Crippen LogP contribution in [0.3, 0.4) is 0 Å². The fraction of sp³-hybridized carbons (Fsp3) is 0.519. The monoisotopic (exact) mass is 512 g/mol. The van der Waals surface area contributed by atoms with Gasteiger partial charge in [0.15, 0.2) is 0 Å². The zero-order chi connectivity index (χ0) is 25.3. The van der Waals surface area contributed by atoms with Crippen molar-refractivity contribution < 1.29 is 9.59 Å². The maximum absolute atomic E-state index is 12.9. The Kier molecular flexibility index (Phi) is 9.55. The largest absolute Gasteiger partial charge is 0.330 e. The van der Waals surface area contributed by atoms with E-state index in [2.05, 4.69) is 21.3 Å². The average Bonchev–Trinajstić information content (AvgIpc) is 3.52. The van der Waals surface area contributed by atoms with Gasteiger partial charge in [-0.25, -0.2) is 4.98 Å². The van der Waals surface area contributed by atoms with Crippen LogP contribution in [0.4, 0.5) is 5.69 Å². The Labute approximate surface area is 218 Å². The lowest BCUT2D eigenvalue weighted by Crippen LogP contribution is -2.38. The minimum absolute atomic E-state index is 0.0000431. The first kappa shape index (κ1) is 26.4. The van der Waals surface area contributed by atoms with Gasteiger partial charge >= 0.3 is 0 Å². The number of para-hydroxylation sites is 1. The average molecular weight is 513 g/mol. The molecule has 2 amide bonds. The lowest BCUT2D eigenvalue weighted by Gasteiger charge is -2.28. The number of fused-ring (bicyclic) bond motifs is 1. The molecule has 3 N–H and O–H groups in total. The maximum Gasteiger partial charge on any atom is 0.273 e. The summed E-state index contributed by atoms with van der Waals surface area (Å²) in [6.45, 7) is 4.43. The number of aromatic nitrogens is 2. The number of carbonyl (C=O) groups is 2. The van der Waals surface area contributed by atoms with E-state index in [9.17, 15) is 9.59 Å². The molecular formula is C27H37ClN6O2. The number of likely N-dealkylation sites (tertiary alicyclic amines) is 1. The molecule has 2 aromatic rings. The molecule has 0 saturated carbocycles. The Hall–Kier alpha value is -2.68. The highest BCUT2D eigenvalue weighted by molar-refractivity contribution is 6.33. The van der Waals surface area contributed by atoms with Crippen LogP contribution in [0, 0.1) is 0 Å². The van der Waals surface area contributed by atoms with Crippen molar-refractivity contribution in [3.8, 4) is 0 Å². The SMILES string of the molecule is NCCCCCCCN1CCCC1/C=C/C(=O)N1CCn2c(C(=O)Nc3ccccc3Cl)cnc2C1. The van der Waals surface area contributed by atoms with Crippen molar-refractivity contribution >= 4 is 29.1 Å². The van der Waals surface area contributed by atoms with E-state index >= 15 is 0 Å². The van der Waals surface area contributed by atoms with Gasteiger partial charge in [0, 0.05) is 25.2 Å². The van der Waals surface area contributed by atoms with E-state index in [4.69, 9.17) is 17.3 Å². The van der Waals surface area contributed by atoms with Crippen molar-refractivity contribution in [2.45, 2.75) is 64.1 Å². The first-order valence-corrected chi connectivity index (χ1v) is 13.5. The van der Waals surface area contributed by atoms with Crippen LogP contribution in [0.25, 0.3) is 0 Å². The number of nitrogens with two attached hydrogens (primary N) is 1. The lowest BCUT2D eigenvalue weighted by molar-refractivity contribution is -0.127. The van der Waals surface area contributed by atoms with E-state index in [0.29, 0.717) is 47.9 Å². The number of unbranched alkanes of at least 4 members (excludes halogenated alkanes) is 4. The number of rotatable bonds is 11. The first-order valence-electron chi connectivity index (χ1n) is 13.1. The molecule has 9 heteroatoms. The second kappa shape index (κ2) is 13.0. The van der Waals surface area contributed by atoms with E-state index in [1.54, 1.807) is 29.3 Å². The van der Waals surface area contributed by atoms with Gasteiger partial charge in [-0.2, -0.15) is 0 Å². The number of carbonyl (C=O) groups excluding carboxylic acids is 2. The number of amides is 2. The molecule has 1 atom stereocenters. The summed E-state index contributed by atoms with van der Waals surface area (Å²) in [7, 11) is 0. The van der Waals surface area contributed by atoms with E-state index in [-0.39, 0.29) is 11.8 Å². The second-order valence-corrected chi connectivity index (χ2v) is 9.97. The number of hydrogen-bond donors (Lipinski definition) is 2. The Morgan fingerprint density at radius 2 is 1.92 bits per heavy atom. The molecule has 1 saturated heterocycles. The summed E-state index contributed by atoms with van der Waals surface area (Å²) in [6.07, 6.45) is 13.7. The van der Waals surface area contributed by atoms with E-state index < -0.39 is 0 Å². The smallest absolute Gasteiger partial charge is 0.273 e. The summed E-state index contributed by atoms with van der Waals surface area (Å²) in [5.74, 6) is 0.451. The van der Waals surface area contributed by atoms with E-state index in [0.717, 1.165) is 32.5 Å². The Bertz CT molecular complexity index is 1070. The molecule has 2 aliphatic rings. The third-order valence-corrected chi connectivity index (χ3v) is 7.38. The normalized spacial score (nSPS) is 18.1. The molecule has 1 aromatic carbocycles. The number of benzene rings is 1. The van der Waals surface area contributed by atoms with Gasteiger partial charge in [-0.15, -0.1) is 0 Å². The summed E-state index contributed by atoms with van der Waals surface area (Å²) in [5.41, 5.74) is 6.60. The molecule has 0 spiro atoms. The third-order valence-electron chi connectivity index (χ3n) is 7.06. The quantitative estimate of drug-likeness (QED) is 0.349. The molecule has 0 aliphatic carbocycles. The molecular weight excluding hydrogens is 476 g/mol. The van der Waals surface area contributed by atoms with Crippen molar-refractivity contribution in [1.29, 1.82) is 0 Å². The molecule has 1 aromatic heterocycles. The number of nitrogens with zero attached hydrogens (tertiary/aromatic N) is 4. The van der Waals surface area contributed by atoms with Crippen LogP contribution in [0.15, 0.2) is 42.6 Å². The van der Waals surface area contributed by atoms with Crippen molar-refractivity contribution in [3.63, 3.8) is 0 Å². The maximum atomic E-state index is 12.9. The molecule has 1 unspecified atom stereocenters. The van der Waals surface area contributed by atoms with Gasteiger partial charge in [-0.3, -0.25) is 14.5 Å². The highest BCUT2D eigenvalue weighted by atomic mass is 35.5. The van der Waals surface area contributed by atoms with Gasteiger partial charge in [0.1, 0.15) is 11.5 Å². The topological polar surface area (TPSA) is 96.5 Å². The van der Waals surface area contributed by atoms with Crippen LogP contribution in [-0.2, 0) is 17.9 Å². The molecule has 194 valence electrons. The molecule has 0 radical (unpaired) electrons. The summed E-state index contributed by atoms with van der Waals surface area (Å²) in [4.78, 5) is 34.5. The van der Waals surface area contributed by atoms with Gasteiger partial charge in [0.2, 0.25) is 5.91 Å². The van der Waals surface area contributed by atoms with Gasteiger partial charge in [-0.1, -0.05) is 49.1 Å². The summed E-state index contributed by atoms with van der Waals surface area (Å²) >= 11 is 6.17. The van der Waals surface area contributed by atoms with Crippen LogP contribution in [-0.4, -0.2) is 63.4 Å². The van der Waals surface area contributed by atoms with Crippen LogP contribution in [0.1, 0.15) is 61.3 Å². The molecule has 2 aliphatic heterocycles. The molecule has 4 rings (SSSR count). The third kappa shape index (κ3) is 6.75. The Morgan fingerprint density at radius 1 is 1.11 bits per heavy atom. The van der Waals surface area contributed by atoms with Gasteiger partial charge < -0.3 is 20.5 Å². The number of imidazole rings is 1. The molecule has 1 fully saturated rings. The van der Waals surface area contributed by atoms with Crippen LogP contribution < -0.4 is 11.1 Å². The van der Waals surface area contributed by atoms with Crippen LogP contribution in [0.2, 0.25) is 5.02 Å². The summed E-state index contributed by atoms with van der Waals surface area (Å²) in [6, 6.07) is 7.46. The fourth-order valence-electron chi connectivity index (χ4n) is 5.01. The standard InChI is InChI=1S/C27H37ClN6O2/c28-22-10-4-5-11-23(22)31-27(36)24-19-30-25-20-33(17-18-34(24)25)26(35)13-12-21-9-8-16-32(21)15-7-3-1-2-6-14-29/h4-5,10-13,19,21H,1-3,6-9,14-18,20,29H2,(H,31,36)/b13-12+. The van der Waals surface area contributed by atoms with Crippen molar-refractivity contribution in [3.05, 3.63) is 59.2 Å². The number of halogens is 1. The van der Waals surface area contributed by atoms with Gasteiger partial charge in [0.25, 0.3) is 5.91 Å². The number of anilines is 1. The van der Waals surface area contributed by atoms with Gasteiger partial charge in [0.05, 0.1) is 23.5 Å². The molecule has 8 nitrogen and oxygen atoms in total. The van der Waals surface area contributed by atoms with Crippen molar-refractivity contribution in [2.75, 3.05) is 31.5 Å². The van der Waals surface area contributed by atoms with Crippen molar-refractivity contribution in [2.24, 2.45) is 5.73 Å². The second-order valence-electron chi connectivity index (χ2n) is 9.57. The van der Waals surface area contributed by atoms with Crippen molar-refractivity contribution in [1.82, 2.24) is 19.4 Å². The lowest BCUT2D eigenvalue weighted by atomic mass is 10.1. The molecule has 36 heavy (non-hydrogen) atoms. The summed E-state index contributed by atoms with van der Waals surface area (Å²) in [5, 5.41) is 3.33. The van der Waals surface area contributed by atoms with Crippen LogP contribution in [0.5, 0.6) is 0 Å². The van der Waals surface area contributed by atoms with E-state index in [1.165, 1.54) is 32.1 Å². The predicted octanol–water partition coefficient (Wildman–Crippen LogP) is 4.06.